The first kappa shape index (κ1) is 22.5. The zero-order valence-corrected chi connectivity index (χ0v) is 18.6. The van der Waals surface area contributed by atoms with E-state index in [1.807, 2.05) is 31.2 Å². The Bertz CT molecular complexity index is 1180. The molecule has 0 radical (unpaired) electrons. The average molecular weight is 467 g/mol. The van der Waals surface area contributed by atoms with Crippen LogP contribution in [0.4, 0.5) is 10.5 Å². The Labute approximate surface area is 193 Å². The van der Waals surface area contributed by atoms with Crippen molar-refractivity contribution in [2.45, 2.75) is 31.4 Å². The summed E-state index contributed by atoms with van der Waals surface area (Å²) in [6.07, 6.45) is 0.966. The van der Waals surface area contributed by atoms with E-state index in [2.05, 4.69) is 25.9 Å². The Morgan fingerprint density at radius 3 is 2.79 bits per heavy atom. The zero-order valence-electron chi connectivity index (χ0n) is 17.8. The van der Waals surface area contributed by atoms with Crippen molar-refractivity contribution in [3.63, 3.8) is 0 Å². The van der Waals surface area contributed by atoms with Crippen LogP contribution < -0.4 is 5.32 Å². The molecule has 11 heteroatoms. The number of amides is 3. The normalized spacial score (nSPS) is 15.8. The van der Waals surface area contributed by atoms with Gasteiger partial charge in [0.1, 0.15) is 5.75 Å². The van der Waals surface area contributed by atoms with Gasteiger partial charge in [-0.15, -0.1) is 10.2 Å². The molecule has 170 valence electrons. The van der Waals surface area contributed by atoms with Crippen molar-refractivity contribution in [3.8, 4) is 17.1 Å². The predicted molar refractivity (Wildman–Crippen MR) is 123 cm³/mol. The van der Waals surface area contributed by atoms with E-state index in [0.717, 1.165) is 22.9 Å². The van der Waals surface area contributed by atoms with Gasteiger partial charge >= 0.3 is 0 Å². The van der Waals surface area contributed by atoms with Crippen molar-refractivity contribution in [1.82, 2.24) is 25.5 Å². The number of nitrogens with zero attached hydrogens (tertiary/aromatic N) is 4. The second kappa shape index (κ2) is 9.82. The number of phenols is 1. The van der Waals surface area contributed by atoms with Gasteiger partial charge in [-0.05, 0) is 48.2 Å². The van der Waals surface area contributed by atoms with E-state index in [1.54, 1.807) is 12.1 Å². The van der Waals surface area contributed by atoms with Crippen LogP contribution in [-0.2, 0) is 16.0 Å². The van der Waals surface area contributed by atoms with Crippen LogP contribution in [0.1, 0.15) is 24.0 Å². The van der Waals surface area contributed by atoms with Crippen molar-refractivity contribution >= 4 is 34.5 Å². The Morgan fingerprint density at radius 1 is 1.24 bits per heavy atom. The van der Waals surface area contributed by atoms with E-state index in [4.69, 9.17) is 0 Å². The van der Waals surface area contributed by atoms with Gasteiger partial charge in [0.25, 0.3) is 5.24 Å². The Hall–Kier alpha value is -3.73. The molecular formula is C22H22N6O4S. The van der Waals surface area contributed by atoms with Crippen LogP contribution >= 0.6 is 11.8 Å². The van der Waals surface area contributed by atoms with Gasteiger partial charge < -0.3 is 10.4 Å². The number of carbonyl (C=O) groups is 3. The molecule has 1 unspecified atom stereocenters. The molecule has 1 fully saturated rings. The molecule has 3 aromatic rings. The number of aromatic nitrogens is 4. The third-order valence-electron chi connectivity index (χ3n) is 5.32. The Balaban J connectivity index is 1.27. The van der Waals surface area contributed by atoms with Crippen molar-refractivity contribution < 1.29 is 19.5 Å². The summed E-state index contributed by atoms with van der Waals surface area (Å²) >= 11 is 1.04. The van der Waals surface area contributed by atoms with Crippen LogP contribution in [0.2, 0.25) is 0 Å². The molecule has 3 N–H and O–H groups in total. The summed E-state index contributed by atoms with van der Waals surface area (Å²) in [7, 11) is 0. The largest absolute Gasteiger partial charge is 0.507 e. The second-order valence-corrected chi connectivity index (χ2v) is 8.77. The van der Waals surface area contributed by atoms with Gasteiger partial charge in [-0.25, -0.2) is 0 Å². The van der Waals surface area contributed by atoms with Crippen molar-refractivity contribution in [2.75, 3.05) is 11.9 Å². The van der Waals surface area contributed by atoms with E-state index >= 15 is 0 Å². The molecule has 1 aliphatic rings. The first-order valence-electron chi connectivity index (χ1n) is 10.4. The highest BCUT2D eigenvalue weighted by atomic mass is 32.2. The number of anilines is 1. The number of thioether (sulfide) groups is 1. The summed E-state index contributed by atoms with van der Waals surface area (Å²) < 4.78 is 0. The number of aromatic amines is 1. The smallest absolute Gasteiger partial charge is 0.289 e. The highest BCUT2D eigenvalue weighted by Gasteiger charge is 2.39. The molecule has 4 rings (SSSR count). The van der Waals surface area contributed by atoms with Gasteiger partial charge in [0.05, 0.1) is 10.8 Å². The van der Waals surface area contributed by atoms with Gasteiger partial charge in [-0.2, -0.15) is 5.21 Å². The summed E-state index contributed by atoms with van der Waals surface area (Å²) in [4.78, 5) is 38.6. The number of aryl methyl sites for hydroxylation is 1. The predicted octanol–water partition coefficient (Wildman–Crippen LogP) is 2.91. The number of hydrogen-bond donors (Lipinski definition) is 3. The van der Waals surface area contributed by atoms with Gasteiger partial charge in [0.2, 0.25) is 17.6 Å². The molecule has 1 aromatic heterocycles. The number of imide groups is 1. The molecule has 2 heterocycles. The number of phenolic OH excluding ortho intramolecular Hbond substituents is 1. The molecule has 0 bridgehead atoms. The van der Waals surface area contributed by atoms with E-state index in [-0.39, 0.29) is 41.6 Å². The lowest BCUT2D eigenvalue weighted by molar-refractivity contribution is -0.127. The molecular weight excluding hydrogens is 444 g/mol. The number of benzene rings is 2. The number of tetrazole rings is 1. The van der Waals surface area contributed by atoms with Crippen LogP contribution in [0.25, 0.3) is 11.4 Å². The number of H-pyrrole nitrogens is 1. The van der Waals surface area contributed by atoms with Crippen LogP contribution in [0.15, 0.2) is 42.5 Å². The summed E-state index contributed by atoms with van der Waals surface area (Å²) in [6, 6.07) is 12.4. The van der Waals surface area contributed by atoms with E-state index in [0.29, 0.717) is 24.1 Å². The number of aromatic hydroxyl groups is 1. The minimum atomic E-state index is -0.437. The van der Waals surface area contributed by atoms with Crippen molar-refractivity contribution in [3.05, 3.63) is 53.6 Å². The first-order valence-corrected chi connectivity index (χ1v) is 11.2. The summed E-state index contributed by atoms with van der Waals surface area (Å²) in [5.74, 6) is -0.358. The fourth-order valence-electron chi connectivity index (χ4n) is 3.56. The highest BCUT2D eigenvalue weighted by molar-refractivity contribution is 8.15. The lowest BCUT2D eigenvalue weighted by Gasteiger charge is -2.14. The lowest BCUT2D eigenvalue weighted by Crippen LogP contribution is -2.33. The Kier molecular flexibility index (Phi) is 6.68. The third kappa shape index (κ3) is 5.20. The number of rotatable bonds is 8. The van der Waals surface area contributed by atoms with E-state index < -0.39 is 5.25 Å². The minimum Gasteiger partial charge on any atom is -0.507 e. The maximum atomic E-state index is 12.7. The van der Waals surface area contributed by atoms with Gasteiger partial charge in [0.15, 0.2) is 0 Å². The minimum absolute atomic E-state index is 0.0980. The fourth-order valence-corrected chi connectivity index (χ4v) is 4.61. The molecule has 0 aliphatic carbocycles. The maximum Gasteiger partial charge on any atom is 0.289 e. The van der Waals surface area contributed by atoms with E-state index in [9.17, 15) is 19.5 Å². The molecule has 1 aliphatic heterocycles. The third-order valence-corrected chi connectivity index (χ3v) is 6.40. The molecule has 3 amide bonds. The average Bonchev–Trinajstić information content (AvgIpc) is 3.40. The number of carbonyl (C=O) groups excluding carboxylic acids is 3. The molecule has 33 heavy (non-hydrogen) atoms. The second-order valence-electron chi connectivity index (χ2n) is 7.61. The number of nitrogens with one attached hydrogen (secondary N) is 2. The summed E-state index contributed by atoms with van der Waals surface area (Å²) in [5.41, 5.74) is 2.92. The van der Waals surface area contributed by atoms with E-state index in [1.165, 1.54) is 11.0 Å². The maximum absolute atomic E-state index is 12.7. The summed E-state index contributed by atoms with van der Waals surface area (Å²) in [5, 5.41) is 25.5. The fraction of sp³-hybridized carbons (Fsp3) is 0.273. The number of hydrogen-bond acceptors (Lipinski definition) is 8. The van der Waals surface area contributed by atoms with Crippen LogP contribution in [0.3, 0.4) is 0 Å². The van der Waals surface area contributed by atoms with Crippen LogP contribution in [0, 0.1) is 6.92 Å². The zero-order chi connectivity index (χ0) is 23.4. The standard InChI is InChI=1S/C22H22N6O4S/c1-13-5-2-3-6-14(13)11-18-21(31)28(22(32)33-18)10-4-7-19(30)23-15-8-9-16(17(29)12-15)20-24-26-27-25-20/h2-3,5-6,8-9,12,18,29H,4,7,10-11H2,1H3,(H,23,30)(H,24,25,26,27). The lowest BCUT2D eigenvalue weighted by atomic mass is 10.0. The topological polar surface area (TPSA) is 141 Å². The molecule has 2 aromatic carbocycles. The van der Waals surface area contributed by atoms with Crippen LogP contribution in [0.5, 0.6) is 5.75 Å². The van der Waals surface area contributed by atoms with Gasteiger partial charge in [-0.3, -0.25) is 19.3 Å². The highest BCUT2D eigenvalue weighted by Crippen LogP contribution is 2.31. The summed E-state index contributed by atoms with van der Waals surface area (Å²) in [6.45, 7) is 2.17. The quantitative estimate of drug-likeness (QED) is 0.460. The van der Waals surface area contributed by atoms with Crippen molar-refractivity contribution in [1.29, 1.82) is 0 Å². The Morgan fingerprint density at radius 2 is 2.06 bits per heavy atom. The first-order chi connectivity index (χ1) is 15.9. The molecule has 0 saturated carbocycles. The molecule has 1 saturated heterocycles. The molecule has 10 nitrogen and oxygen atoms in total. The molecule has 1 atom stereocenters. The molecule has 0 spiro atoms. The van der Waals surface area contributed by atoms with Crippen molar-refractivity contribution in [2.24, 2.45) is 0 Å². The SMILES string of the molecule is Cc1ccccc1CC1SC(=O)N(CCCC(=O)Nc2ccc(-c3nn[nH]n3)c(O)c2)C1=O. The monoisotopic (exact) mass is 466 g/mol. The van der Waals surface area contributed by atoms with Crippen LogP contribution in [-0.4, -0.2) is 59.5 Å². The van der Waals surface area contributed by atoms with Gasteiger partial charge in [-0.1, -0.05) is 36.0 Å². The van der Waals surface area contributed by atoms with Gasteiger partial charge in [0, 0.05) is 24.7 Å².